The molecule has 0 bridgehead atoms. The summed E-state index contributed by atoms with van der Waals surface area (Å²) in [6, 6.07) is 0. The van der Waals surface area contributed by atoms with E-state index < -0.39 is 5.97 Å². The Balaban J connectivity index is 1.81. The van der Waals surface area contributed by atoms with Crippen LogP contribution in [0.4, 0.5) is 5.13 Å². The summed E-state index contributed by atoms with van der Waals surface area (Å²) >= 11 is 1.39. The van der Waals surface area contributed by atoms with Crippen LogP contribution in [0.25, 0.3) is 0 Å². The van der Waals surface area contributed by atoms with Gasteiger partial charge in [0.1, 0.15) is 0 Å². The molecule has 19 heavy (non-hydrogen) atoms. The molecule has 0 saturated heterocycles. The van der Waals surface area contributed by atoms with Crippen LogP contribution in [-0.2, 0) is 16.0 Å². The smallest absolute Gasteiger partial charge is 0.303 e. The molecule has 1 amide bonds. The number of aliphatic carboxylic acids is 1. The van der Waals surface area contributed by atoms with Gasteiger partial charge in [0.15, 0.2) is 5.13 Å². The van der Waals surface area contributed by atoms with E-state index in [1.54, 1.807) is 0 Å². The quantitative estimate of drug-likeness (QED) is 0.840. The van der Waals surface area contributed by atoms with Crippen molar-refractivity contribution in [3.05, 3.63) is 11.1 Å². The molecule has 1 aromatic heterocycles. The zero-order chi connectivity index (χ0) is 14.0. The van der Waals surface area contributed by atoms with Gasteiger partial charge in [-0.2, -0.15) is 0 Å². The van der Waals surface area contributed by atoms with Crippen molar-refractivity contribution in [1.29, 1.82) is 0 Å². The highest BCUT2D eigenvalue weighted by Crippen LogP contribution is 2.52. The Morgan fingerprint density at radius 1 is 1.58 bits per heavy atom. The fourth-order valence-electron chi connectivity index (χ4n) is 2.01. The Labute approximate surface area is 116 Å². The lowest BCUT2D eigenvalue weighted by atomic mass is 10.1. The number of hydrogen-bond acceptors (Lipinski definition) is 4. The van der Waals surface area contributed by atoms with Crippen LogP contribution in [0.15, 0.2) is 5.38 Å². The minimum absolute atomic E-state index is 0.0384. The van der Waals surface area contributed by atoms with Gasteiger partial charge in [-0.15, -0.1) is 11.3 Å². The highest BCUT2D eigenvalue weighted by atomic mass is 32.1. The molecule has 2 N–H and O–H groups in total. The average molecular weight is 282 g/mol. The number of hydrogen-bond donors (Lipinski definition) is 2. The third-order valence-electron chi connectivity index (χ3n) is 3.44. The van der Waals surface area contributed by atoms with Gasteiger partial charge in [0.05, 0.1) is 5.69 Å². The molecule has 1 aliphatic rings. The van der Waals surface area contributed by atoms with Crippen LogP contribution in [-0.4, -0.2) is 22.0 Å². The first-order chi connectivity index (χ1) is 8.88. The van der Waals surface area contributed by atoms with Crippen molar-refractivity contribution in [2.75, 3.05) is 5.32 Å². The number of aryl methyl sites for hydroxylation is 1. The lowest BCUT2D eigenvalue weighted by Crippen LogP contribution is -2.16. The van der Waals surface area contributed by atoms with Crippen molar-refractivity contribution in [2.45, 2.75) is 39.5 Å². The van der Waals surface area contributed by atoms with Crippen molar-refractivity contribution in [1.82, 2.24) is 4.98 Å². The number of carbonyl (C=O) groups is 2. The first kappa shape index (κ1) is 14.0. The summed E-state index contributed by atoms with van der Waals surface area (Å²) in [5.74, 6) is -0.664. The number of nitrogens with one attached hydrogen (secondary N) is 1. The number of anilines is 1. The van der Waals surface area contributed by atoms with Crippen LogP contribution in [0.3, 0.4) is 0 Å². The molecule has 5 nitrogen and oxygen atoms in total. The summed E-state index contributed by atoms with van der Waals surface area (Å²) in [4.78, 5) is 26.6. The first-order valence-electron chi connectivity index (χ1n) is 6.35. The maximum atomic E-state index is 11.9. The van der Waals surface area contributed by atoms with Crippen LogP contribution in [0.1, 0.15) is 38.8 Å². The molecule has 2 rings (SSSR count). The monoisotopic (exact) mass is 282 g/mol. The largest absolute Gasteiger partial charge is 0.481 e. The van der Waals surface area contributed by atoms with Gasteiger partial charge in [0, 0.05) is 17.7 Å². The van der Waals surface area contributed by atoms with E-state index in [4.69, 9.17) is 5.11 Å². The molecular weight excluding hydrogens is 264 g/mol. The Kier molecular flexibility index (Phi) is 3.89. The molecule has 0 spiro atoms. The fourth-order valence-corrected chi connectivity index (χ4v) is 2.75. The Morgan fingerprint density at radius 2 is 2.26 bits per heavy atom. The molecule has 1 unspecified atom stereocenters. The van der Waals surface area contributed by atoms with Crippen LogP contribution in [0.2, 0.25) is 0 Å². The standard InChI is InChI=1S/C13H18N2O3S/c1-13(2)6-9(13)11(18)15-12-14-8(7-19-12)4-3-5-10(16)17/h7,9H,3-6H2,1-2H3,(H,16,17)(H,14,15,18). The number of thiazole rings is 1. The maximum Gasteiger partial charge on any atom is 0.303 e. The number of rotatable bonds is 6. The van der Waals surface area contributed by atoms with Crippen LogP contribution in [0.5, 0.6) is 0 Å². The summed E-state index contributed by atoms with van der Waals surface area (Å²) in [7, 11) is 0. The number of aromatic nitrogens is 1. The molecular formula is C13H18N2O3S. The molecule has 1 aliphatic carbocycles. The molecule has 0 aromatic carbocycles. The number of amides is 1. The summed E-state index contributed by atoms with van der Waals surface area (Å²) in [6.07, 6.45) is 2.28. The van der Waals surface area contributed by atoms with E-state index in [1.807, 2.05) is 5.38 Å². The number of nitrogens with zero attached hydrogens (tertiary/aromatic N) is 1. The highest BCUT2D eigenvalue weighted by Gasteiger charge is 2.50. The summed E-state index contributed by atoms with van der Waals surface area (Å²) in [5, 5.41) is 13.9. The second kappa shape index (κ2) is 5.28. The lowest BCUT2D eigenvalue weighted by molar-refractivity contribution is -0.137. The number of carboxylic acids is 1. The predicted octanol–water partition coefficient (Wildman–Crippen LogP) is 2.54. The van der Waals surface area contributed by atoms with Gasteiger partial charge < -0.3 is 10.4 Å². The molecule has 104 valence electrons. The average Bonchev–Trinajstić information content (AvgIpc) is 2.73. The lowest BCUT2D eigenvalue weighted by Gasteiger charge is -2.02. The second-order valence-electron chi connectivity index (χ2n) is 5.63. The summed E-state index contributed by atoms with van der Waals surface area (Å²) in [6.45, 7) is 4.16. The number of carboxylic acid groups (broad SMARTS) is 1. The van der Waals surface area contributed by atoms with Crippen molar-refractivity contribution in [3.63, 3.8) is 0 Å². The minimum Gasteiger partial charge on any atom is -0.481 e. The Bertz CT molecular complexity index is 496. The Morgan fingerprint density at radius 3 is 2.84 bits per heavy atom. The molecule has 1 atom stereocenters. The van der Waals surface area contributed by atoms with E-state index in [-0.39, 0.29) is 23.7 Å². The van der Waals surface area contributed by atoms with Gasteiger partial charge in [0.25, 0.3) is 0 Å². The summed E-state index contributed by atoms with van der Waals surface area (Å²) in [5.41, 5.74) is 0.961. The molecule has 1 aromatic rings. The predicted molar refractivity (Wildman–Crippen MR) is 73.2 cm³/mol. The molecule has 1 fully saturated rings. The van der Waals surface area contributed by atoms with Gasteiger partial charge >= 0.3 is 5.97 Å². The van der Waals surface area contributed by atoms with Gasteiger partial charge in [-0.25, -0.2) is 4.98 Å². The molecule has 1 saturated carbocycles. The van der Waals surface area contributed by atoms with Crippen LogP contribution in [0, 0.1) is 11.3 Å². The minimum atomic E-state index is -0.792. The normalized spacial score (nSPS) is 20.0. The second-order valence-corrected chi connectivity index (χ2v) is 6.48. The topological polar surface area (TPSA) is 79.3 Å². The van der Waals surface area contributed by atoms with E-state index in [9.17, 15) is 9.59 Å². The van der Waals surface area contributed by atoms with Crippen molar-refractivity contribution in [2.24, 2.45) is 11.3 Å². The van der Waals surface area contributed by atoms with Gasteiger partial charge in [-0.05, 0) is 24.7 Å². The van der Waals surface area contributed by atoms with E-state index >= 15 is 0 Å². The molecule has 0 radical (unpaired) electrons. The van der Waals surface area contributed by atoms with E-state index in [2.05, 4.69) is 24.1 Å². The Hall–Kier alpha value is -1.43. The zero-order valence-corrected chi connectivity index (χ0v) is 11.9. The zero-order valence-electron chi connectivity index (χ0n) is 11.1. The third-order valence-corrected chi connectivity index (χ3v) is 4.24. The highest BCUT2D eigenvalue weighted by molar-refractivity contribution is 7.13. The summed E-state index contributed by atoms with van der Waals surface area (Å²) < 4.78 is 0. The maximum absolute atomic E-state index is 11.9. The van der Waals surface area contributed by atoms with Crippen molar-refractivity contribution >= 4 is 28.3 Å². The molecule has 0 aliphatic heterocycles. The first-order valence-corrected chi connectivity index (χ1v) is 7.23. The van der Waals surface area contributed by atoms with Crippen molar-refractivity contribution in [3.8, 4) is 0 Å². The molecule has 6 heteroatoms. The van der Waals surface area contributed by atoms with Crippen molar-refractivity contribution < 1.29 is 14.7 Å². The van der Waals surface area contributed by atoms with E-state index in [0.717, 1.165) is 12.1 Å². The van der Waals surface area contributed by atoms with Gasteiger partial charge in [-0.3, -0.25) is 9.59 Å². The fraction of sp³-hybridized carbons (Fsp3) is 0.615. The van der Waals surface area contributed by atoms with Crippen LogP contribution >= 0.6 is 11.3 Å². The van der Waals surface area contributed by atoms with Crippen LogP contribution < -0.4 is 5.32 Å². The van der Waals surface area contributed by atoms with E-state index in [0.29, 0.717) is 18.0 Å². The SMILES string of the molecule is CC1(C)CC1C(=O)Nc1nc(CCCC(=O)O)cs1. The number of carbonyl (C=O) groups excluding carboxylic acids is 1. The van der Waals surface area contributed by atoms with Gasteiger partial charge in [0.2, 0.25) is 5.91 Å². The van der Waals surface area contributed by atoms with Gasteiger partial charge in [-0.1, -0.05) is 13.8 Å². The third kappa shape index (κ3) is 3.76. The molecule has 1 heterocycles. The van der Waals surface area contributed by atoms with E-state index in [1.165, 1.54) is 11.3 Å².